The SMILES string of the molecule is Oc1ccccc1Cc1ccc(Cl)cc1. The number of benzene rings is 2. The second kappa shape index (κ2) is 4.37. The number of hydrogen-bond donors (Lipinski definition) is 1. The van der Waals surface area contributed by atoms with E-state index in [2.05, 4.69) is 0 Å². The Bertz CT molecular complexity index is 448. The molecule has 0 atom stereocenters. The van der Waals surface area contributed by atoms with Gasteiger partial charge in [0.2, 0.25) is 0 Å². The molecule has 0 aliphatic carbocycles. The molecular formula is C13H11ClO. The van der Waals surface area contributed by atoms with Crippen LogP contribution in [0.4, 0.5) is 0 Å². The van der Waals surface area contributed by atoms with Crippen molar-refractivity contribution in [2.75, 3.05) is 0 Å². The van der Waals surface area contributed by atoms with Crippen LogP contribution < -0.4 is 0 Å². The highest BCUT2D eigenvalue weighted by Crippen LogP contribution is 2.20. The highest BCUT2D eigenvalue weighted by atomic mass is 35.5. The van der Waals surface area contributed by atoms with Crippen LogP contribution in [0.1, 0.15) is 11.1 Å². The summed E-state index contributed by atoms with van der Waals surface area (Å²) in [4.78, 5) is 0. The lowest BCUT2D eigenvalue weighted by Gasteiger charge is -2.04. The first-order chi connectivity index (χ1) is 7.25. The van der Waals surface area contributed by atoms with E-state index < -0.39 is 0 Å². The largest absolute Gasteiger partial charge is 0.508 e. The van der Waals surface area contributed by atoms with Crippen molar-refractivity contribution < 1.29 is 5.11 Å². The van der Waals surface area contributed by atoms with E-state index in [1.165, 1.54) is 0 Å². The number of halogens is 1. The minimum Gasteiger partial charge on any atom is -0.508 e. The number of hydrogen-bond acceptors (Lipinski definition) is 1. The van der Waals surface area contributed by atoms with E-state index >= 15 is 0 Å². The van der Waals surface area contributed by atoms with Gasteiger partial charge in [0.15, 0.2) is 0 Å². The minimum absolute atomic E-state index is 0.340. The maximum Gasteiger partial charge on any atom is 0.119 e. The second-order valence-electron chi connectivity index (χ2n) is 3.43. The summed E-state index contributed by atoms with van der Waals surface area (Å²) in [6.45, 7) is 0. The molecule has 0 bridgehead atoms. The predicted octanol–water partition coefficient (Wildman–Crippen LogP) is 3.64. The van der Waals surface area contributed by atoms with E-state index in [0.29, 0.717) is 5.75 Å². The molecule has 0 spiro atoms. The number of phenolic OH excluding ortho intramolecular Hbond substituents is 1. The molecule has 0 saturated heterocycles. The maximum absolute atomic E-state index is 9.60. The van der Waals surface area contributed by atoms with E-state index in [1.54, 1.807) is 6.07 Å². The Kier molecular flexibility index (Phi) is 2.93. The Balaban J connectivity index is 2.22. The molecule has 2 heteroatoms. The van der Waals surface area contributed by atoms with Gasteiger partial charge in [0.05, 0.1) is 0 Å². The van der Waals surface area contributed by atoms with E-state index in [0.717, 1.165) is 22.6 Å². The first-order valence-electron chi connectivity index (χ1n) is 4.77. The van der Waals surface area contributed by atoms with Gasteiger partial charge in [-0.25, -0.2) is 0 Å². The van der Waals surface area contributed by atoms with Gasteiger partial charge in [-0.15, -0.1) is 0 Å². The van der Waals surface area contributed by atoms with Crippen molar-refractivity contribution in [3.63, 3.8) is 0 Å². The molecule has 0 aromatic heterocycles. The third-order valence-corrected chi connectivity index (χ3v) is 2.55. The third kappa shape index (κ3) is 2.51. The van der Waals surface area contributed by atoms with Gasteiger partial charge in [-0.3, -0.25) is 0 Å². The minimum atomic E-state index is 0.340. The van der Waals surface area contributed by atoms with Crippen molar-refractivity contribution in [3.8, 4) is 5.75 Å². The molecule has 2 rings (SSSR count). The molecule has 0 radical (unpaired) electrons. The number of para-hydroxylation sites is 1. The van der Waals surface area contributed by atoms with E-state index in [9.17, 15) is 5.11 Å². The highest BCUT2D eigenvalue weighted by Gasteiger charge is 2.00. The van der Waals surface area contributed by atoms with Gasteiger partial charge >= 0.3 is 0 Å². The highest BCUT2D eigenvalue weighted by molar-refractivity contribution is 6.30. The molecule has 2 aromatic carbocycles. The van der Waals surface area contributed by atoms with E-state index in [4.69, 9.17) is 11.6 Å². The normalized spacial score (nSPS) is 10.2. The van der Waals surface area contributed by atoms with Crippen LogP contribution in [0, 0.1) is 0 Å². The quantitative estimate of drug-likeness (QED) is 0.816. The lowest BCUT2D eigenvalue weighted by molar-refractivity contribution is 0.469. The van der Waals surface area contributed by atoms with Crippen molar-refractivity contribution in [2.45, 2.75) is 6.42 Å². The van der Waals surface area contributed by atoms with Gasteiger partial charge in [0.25, 0.3) is 0 Å². The van der Waals surface area contributed by atoms with Crippen LogP contribution in [0.3, 0.4) is 0 Å². The molecule has 15 heavy (non-hydrogen) atoms. The monoisotopic (exact) mass is 218 g/mol. The van der Waals surface area contributed by atoms with Gasteiger partial charge in [-0.1, -0.05) is 41.9 Å². The fraction of sp³-hybridized carbons (Fsp3) is 0.0769. The molecule has 0 aliphatic heterocycles. The predicted molar refractivity (Wildman–Crippen MR) is 62.4 cm³/mol. The van der Waals surface area contributed by atoms with Gasteiger partial charge in [-0.05, 0) is 29.3 Å². The summed E-state index contributed by atoms with van der Waals surface area (Å²) in [5, 5.41) is 10.3. The number of phenols is 1. The molecule has 1 nitrogen and oxygen atoms in total. The topological polar surface area (TPSA) is 20.2 Å². The zero-order valence-electron chi connectivity index (χ0n) is 8.15. The Hall–Kier alpha value is -1.47. The summed E-state index contributed by atoms with van der Waals surface area (Å²) in [6.07, 6.45) is 0.726. The van der Waals surface area contributed by atoms with Crippen LogP contribution in [0.15, 0.2) is 48.5 Å². The van der Waals surface area contributed by atoms with Crippen molar-refractivity contribution in [1.82, 2.24) is 0 Å². The fourth-order valence-electron chi connectivity index (χ4n) is 1.48. The Morgan fingerprint density at radius 2 is 1.60 bits per heavy atom. The Morgan fingerprint density at radius 1 is 0.933 bits per heavy atom. The summed E-state index contributed by atoms with van der Waals surface area (Å²) >= 11 is 5.80. The van der Waals surface area contributed by atoms with Gasteiger partial charge in [-0.2, -0.15) is 0 Å². The summed E-state index contributed by atoms with van der Waals surface area (Å²) in [5.41, 5.74) is 2.07. The van der Waals surface area contributed by atoms with Crippen molar-refractivity contribution in [2.24, 2.45) is 0 Å². The number of aromatic hydroxyl groups is 1. The summed E-state index contributed by atoms with van der Waals surface area (Å²) in [5.74, 6) is 0.340. The molecule has 0 amide bonds. The van der Waals surface area contributed by atoms with Gasteiger partial charge < -0.3 is 5.11 Å². The third-order valence-electron chi connectivity index (χ3n) is 2.30. The van der Waals surface area contributed by atoms with Crippen LogP contribution in [0.2, 0.25) is 5.02 Å². The van der Waals surface area contributed by atoms with Crippen molar-refractivity contribution >= 4 is 11.6 Å². The van der Waals surface area contributed by atoms with Gasteiger partial charge in [0.1, 0.15) is 5.75 Å². The maximum atomic E-state index is 9.60. The number of rotatable bonds is 2. The fourth-order valence-corrected chi connectivity index (χ4v) is 1.61. The first-order valence-corrected chi connectivity index (χ1v) is 5.15. The van der Waals surface area contributed by atoms with Crippen LogP contribution >= 0.6 is 11.6 Å². The lowest BCUT2D eigenvalue weighted by Crippen LogP contribution is -1.87. The molecule has 2 aromatic rings. The first kappa shape index (κ1) is 10.1. The van der Waals surface area contributed by atoms with E-state index in [-0.39, 0.29) is 0 Å². The smallest absolute Gasteiger partial charge is 0.119 e. The van der Waals surface area contributed by atoms with Crippen molar-refractivity contribution in [1.29, 1.82) is 0 Å². The zero-order valence-corrected chi connectivity index (χ0v) is 8.91. The summed E-state index contributed by atoms with van der Waals surface area (Å²) in [6, 6.07) is 15.0. The molecule has 1 N–H and O–H groups in total. The zero-order chi connectivity index (χ0) is 10.7. The van der Waals surface area contributed by atoms with Crippen molar-refractivity contribution in [3.05, 3.63) is 64.7 Å². The standard InChI is InChI=1S/C13H11ClO/c14-12-7-5-10(6-8-12)9-11-3-1-2-4-13(11)15/h1-8,15H,9H2. The molecule has 76 valence electrons. The average molecular weight is 219 g/mol. The van der Waals surface area contributed by atoms with Crippen LogP contribution in [0.5, 0.6) is 5.75 Å². The summed E-state index contributed by atoms with van der Waals surface area (Å²) in [7, 11) is 0. The van der Waals surface area contributed by atoms with Crippen LogP contribution in [0.25, 0.3) is 0 Å². The molecule has 0 fully saturated rings. The Morgan fingerprint density at radius 3 is 2.27 bits per heavy atom. The van der Waals surface area contributed by atoms with Crippen LogP contribution in [-0.2, 0) is 6.42 Å². The summed E-state index contributed by atoms with van der Waals surface area (Å²) < 4.78 is 0. The molecule has 0 saturated carbocycles. The van der Waals surface area contributed by atoms with Gasteiger partial charge in [0, 0.05) is 11.4 Å². The lowest BCUT2D eigenvalue weighted by atomic mass is 10.0. The molecule has 0 aliphatic rings. The molecular weight excluding hydrogens is 208 g/mol. The average Bonchev–Trinajstić information content (AvgIpc) is 2.25. The molecule has 0 heterocycles. The second-order valence-corrected chi connectivity index (χ2v) is 3.87. The van der Waals surface area contributed by atoms with Crippen LogP contribution in [-0.4, -0.2) is 5.11 Å². The molecule has 0 unspecified atom stereocenters. The Labute approximate surface area is 94.0 Å². The van der Waals surface area contributed by atoms with E-state index in [1.807, 2.05) is 42.5 Å².